The van der Waals surface area contributed by atoms with Gasteiger partial charge in [0, 0.05) is 24.4 Å². The fourth-order valence-electron chi connectivity index (χ4n) is 3.94. The average Bonchev–Trinajstić information content (AvgIpc) is 3.40. The van der Waals surface area contributed by atoms with Crippen LogP contribution >= 0.6 is 12.4 Å². The summed E-state index contributed by atoms with van der Waals surface area (Å²) in [7, 11) is 3.39. The predicted molar refractivity (Wildman–Crippen MR) is 125 cm³/mol. The van der Waals surface area contributed by atoms with E-state index in [4.69, 9.17) is 14.5 Å². The van der Waals surface area contributed by atoms with Gasteiger partial charge in [0.05, 0.1) is 37.3 Å². The molecule has 1 fully saturated rings. The Hall–Kier alpha value is -2.66. The van der Waals surface area contributed by atoms with Crippen molar-refractivity contribution in [1.82, 2.24) is 9.97 Å². The number of nitrogens with one attached hydrogen (secondary N) is 2. The summed E-state index contributed by atoms with van der Waals surface area (Å²) < 4.78 is 10.8. The Morgan fingerprint density at radius 1 is 0.933 bits per heavy atom. The number of rotatable bonds is 7. The Morgan fingerprint density at radius 2 is 1.70 bits per heavy atom. The number of aromatic nitrogens is 2. The molecular formula is C24H30ClN3O2. The monoisotopic (exact) mass is 427 g/mol. The molecule has 6 heteroatoms. The number of aliphatic imine (C=N–C) groups is 1. The van der Waals surface area contributed by atoms with Crippen LogP contribution in [0.5, 0.6) is 11.5 Å². The molecule has 1 aromatic carbocycles. The van der Waals surface area contributed by atoms with Crippen LogP contribution < -0.4 is 9.47 Å². The molecule has 0 radical (unpaired) electrons. The third kappa shape index (κ3) is 5.28. The van der Waals surface area contributed by atoms with Crippen molar-refractivity contribution < 1.29 is 9.47 Å². The molecule has 2 N–H and O–H groups in total. The highest BCUT2D eigenvalue weighted by Crippen LogP contribution is 2.27. The van der Waals surface area contributed by atoms with Crippen LogP contribution in [0.2, 0.25) is 0 Å². The highest BCUT2D eigenvalue weighted by molar-refractivity contribution is 5.85. The standard InChI is InChI=1S/C24H29N3O2.ClH/c1-28-20-11-8-17(9-12-20)14-19-10-13-21(26-19)22-15-24(29-2)23(27-22)16-25-18-6-4-3-5-7-18;/h8-13,15-16,18,26-27H,3-7,14H2,1-2H3;1H. The maximum Gasteiger partial charge on any atom is 0.146 e. The number of ether oxygens (including phenoxy) is 2. The lowest BCUT2D eigenvalue weighted by Crippen LogP contribution is -2.09. The number of halogens is 1. The zero-order valence-corrected chi connectivity index (χ0v) is 18.4. The molecule has 0 unspecified atom stereocenters. The molecule has 0 bridgehead atoms. The number of nitrogens with zero attached hydrogens (tertiary/aromatic N) is 1. The molecule has 2 heterocycles. The Labute approximate surface area is 184 Å². The smallest absolute Gasteiger partial charge is 0.146 e. The predicted octanol–water partition coefficient (Wildman–Crippen LogP) is 5.79. The van der Waals surface area contributed by atoms with Gasteiger partial charge in [-0.1, -0.05) is 31.4 Å². The maximum absolute atomic E-state index is 5.56. The number of hydrogen-bond donors (Lipinski definition) is 2. The number of hydrogen-bond acceptors (Lipinski definition) is 3. The summed E-state index contributed by atoms with van der Waals surface area (Å²) in [6, 6.07) is 14.9. The van der Waals surface area contributed by atoms with E-state index >= 15 is 0 Å². The van der Waals surface area contributed by atoms with E-state index < -0.39 is 0 Å². The largest absolute Gasteiger partial charge is 0.497 e. The minimum Gasteiger partial charge on any atom is -0.497 e. The highest BCUT2D eigenvalue weighted by atomic mass is 35.5. The quantitative estimate of drug-likeness (QED) is 0.468. The van der Waals surface area contributed by atoms with Gasteiger partial charge >= 0.3 is 0 Å². The van der Waals surface area contributed by atoms with Gasteiger partial charge in [0.2, 0.25) is 0 Å². The van der Waals surface area contributed by atoms with Gasteiger partial charge in [0.25, 0.3) is 0 Å². The van der Waals surface area contributed by atoms with Crippen molar-refractivity contribution >= 4 is 18.6 Å². The van der Waals surface area contributed by atoms with Gasteiger partial charge in [0.1, 0.15) is 11.5 Å². The third-order valence-corrected chi connectivity index (χ3v) is 5.61. The van der Waals surface area contributed by atoms with Gasteiger partial charge in [-0.05, 0) is 42.7 Å². The lowest BCUT2D eigenvalue weighted by atomic mass is 9.96. The molecule has 1 aliphatic rings. The number of methoxy groups -OCH3 is 2. The molecule has 0 atom stereocenters. The van der Waals surface area contributed by atoms with Crippen molar-refractivity contribution in [1.29, 1.82) is 0 Å². The Bertz CT molecular complexity index is 953. The molecule has 0 spiro atoms. The summed E-state index contributed by atoms with van der Waals surface area (Å²) in [5, 5.41) is 0. The number of H-pyrrole nitrogens is 2. The van der Waals surface area contributed by atoms with Crippen molar-refractivity contribution in [2.24, 2.45) is 4.99 Å². The van der Waals surface area contributed by atoms with Crippen LogP contribution in [0.1, 0.15) is 49.1 Å². The molecule has 1 saturated carbocycles. The molecule has 2 aromatic heterocycles. The minimum absolute atomic E-state index is 0. The van der Waals surface area contributed by atoms with Gasteiger partial charge in [-0.15, -0.1) is 12.4 Å². The normalized spacial score (nSPS) is 14.6. The summed E-state index contributed by atoms with van der Waals surface area (Å²) in [6.45, 7) is 0. The first-order valence-corrected chi connectivity index (χ1v) is 10.4. The van der Waals surface area contributed by atoms with E-state index in [1.807, 2.05) is 24.4 Å². The lowest BCUT2D eigenvalue weighted by molar-refractivity contribution is 0.414. The van der Waals surface area contributed by atoms with Crippen molar-refractivity contribution in [2.75, 3.05) is 14.2 Å². The molecule has 4 rings (SSSR count). The first-order valence-electron chi connectivity index (χ1n) is 10.4. The van der Waals surface area contributed by atoms with E-state index in [1.54, 1.807) is 14.2 Å². The Kier molecular flexibility index (Phi) is 7.63. The Morgan fingerprint density at radius 3 is 2.40 bits per heavy atom. The van der Waals surface area contributed by atoms with Gasteiger partial charge in [-0.3, -0.25) is 4.99 Å². The Balaban J connectivity index is 0.00000256. The number of aromatic amines is 2. The average molecular weight is 428 g/mol. The molecule has 0 amide bonds. The van der Waals surface area contributed by atoms with Gasteiger partial charge in [-0.2, -0.15) is 0 Å². The van der Waals surface area contributed by atoms with Gasteiger partial charge in [0.15, 0.2) is 0 Å². The van der Waals surface area contributed by atoms with E-state index in [-0.39, 0.29) is 12.4 Å². The van der Waals surface area contributed by atoms with Crippen LogP contribution in [0.25, 0.3) is 11.4 Å². The molecule has 30 heavy (non-hydrogen) atoms. The minimum atomic E-state index is 0. The summed E-state index contributed by atoms with van der Waals surface area (Å²) >= 11 is 0. The van der Waals surface area contributed by atoms with E-state index in [2.05, 4.69) is 34.2 Å². The second kappa shape index (κ2) is 10.4. The molecule has 0 aliphatic heterocycles. The zero-order chi connectivity index (χ0) is 20.1. The SMILES string of the molecule is COc1ccc(Cc2ccc(-c3cc(OC)c(C=NC4CCCCC4)[nH]3)[nH]2)cc1.Cl. The molecule has 3 aromatic rings. The molecule has 5 nitrogen and oxygen atoms in total. The fourth-order valence-corrected chi connectivity index (χ4v) is 3.94. The van der Waals surface area contributed by atoms with Crippen molar-refractivity contribution in [3.63, 3.8) is 0 Å². The van der Waals surface area contributed by atoms with Crippen molar-refractivity contribution in [2.45, 2.75) is 44.6 Å². The van der Waals surface area contributed by atoms with Crippen LogP contribution in [0.15, 0.2) is 47.5 Å². The van der Waals surface area contributed by atoms with Crippen LogP contribution in [-0.4, -0.2) is 36.4 Å². The van der Waals surface area contributed by atoms with Crippen LogP contribution in [0.4, 0.5) is 0 Å². The molecule has 0 saturated heterocycles. The molecular weight excluding hydrogens is 398 g/mol. The van der Waals surface area contributed by atoms with Crippen molar-refractivity contribution in [3.8, 4) is 22.9 Å². The van der Waals surface area contributed by atoms with Crippen LogP contribution in [0.3, 0.4) is 0 Å². The topological polar surface area (TPSA) is 62.4 Å². The fraction of sp³-hybridized carbons (Fsp3) is 0.375. The van der Waals surface area contributed by atoms with Crippen LogP contribution in [-0.2, 0) is 6.42 Å². The molecule has 160 valence electrons. The number of benzene rings is 1. The van der Waals surface area contributed by atoms with E-state index in [0.29, 0.717) is 6.04 Å². The van der Waals surface area contributed by atoms with Gasteiger partial charge in [-0.25, -0.2) is 0 Å². The van der Waals surface area contributed by atoms with E-state index in [0.717, 1.165) is 40.7 Å². The second-order valence-electron chi connectivity index (χ2n) is 7.66. The summed E-state index contributed by atoms with van der Waals surface area (Å²) in [5.74, 6) is 1.70. The second-order valence-corrected chi connectivity index (χ2v) is 7.66. The third-order valence-electron chi connectivity index (χ3n) is 5.61. The van der Waals surface area contributed by atoms with E-state index in [1.165, 1.54) is 37.7 Å². The highest BCUT2D eigenvalue weighted by Gasteiger charge is 2.13. The first-order chi connectivity index (χ1) is 14.2. The summed E-state index contributed by atoms with van der Waals surface area (Å²) in [4.78, 5) is 11.8. The van der Waals surface area contributed by atoms with Gasteiger partial charge < -0.3 is 19.4 Å². The summed E-state index contributed by atoms with van der Waals surface area (Å²) in [5.41, 5.74) is 5.39. The lowest BCUT2D eigenvalue weighted by Gasteiger charge is -2.16. The molecule has 1 aliphatic carbocycles. The first kappa shape index (κ1) is 22.0. The van der Waals surface area contributed by atoms with Crippen molar-refractivity contribution in [3.05, 3.63) is 59.4 Å². The summed E-state index contributed by atoms with van der Waals surface area (Å²) in [6.07, 6.45) is 9.09. The van der Waals surface area contributed by atoms with E-state index in [9.17, 15) is 0 Å². The zero-order valence-electron chi connectivity index (χ0n) is 17.6. The van der Waals surface area contributed by atoms with Crippen LogP contribution in [0, 0.1) is 0 Å². The maximum atomic E-state index is 5.56.